The molecule has 1 aromatic rings. The van der Waals surface area contributed by atoms with Gasteiger partial charge in [0.05, 0.1) is 11.4 Å². The van der Waals surface area contributed by atoms with E-state index in [1.54, 1.807) is 0 Å². The first kappa shape index (κ1) is 16.9. The van der Waals surface area contributed by atoms with Crippen molar-refractivity contribution in [3.05, 3.63) is 16.5 Å². The minimum atomic E-state index is -3.99. The van der Waals surface area contributed by atoms with Gasteiger partial charge in [-0.15, -0.1) is 11.3 Å². The molecule has 2 N–H and O–H groups in total. The normalized spacial score (nSPS) is 12.9. The monoisotopic (exact) mass is 341 g/mol. The predicted octanol–water partition coefficient (Wildman–Crippen LogP) is 1.09. The summed E-state index contributed by atoms with van der Waals surface area (Å²) in [6.45, 7) is 0. The highest BCUT2D eigenvalue weighted by molar-refractivity contribution is 7.91. The second-order valence-corrected chi connectivity index (χ2v) is 7.34. The number of carboxylic acid groups (broad SMARTS) is 1. The molecule has 0 spiro atoms. The zero-order chi connectivity index (χ0) is 15.3. The first-order valence-electron chi connectivity index (χ1n) is 5.33. The molecule has 0 aliphatic carbocycles. The van der Waals surface area contributed by atoms with Crippen LogP contribution >= 0.6 is 22.9 Å². The van der Waals surface area contributed by atoms with Crippen LogP contribution in [0.25, 0.3) is 0 Å². The average Bonchev–Trinajstić information content (AvgIpc) is 2.81. The largest absolute Gasteiger partial charge is 0.480 e. The third kappa shape index (κ3) is 4.75. The smallest absolute Gasteiger partial charge is 0.321 e. The van der Waals surface area contributed by atoms with Crippen LogP contribution in [0.4, 0.5) is 0 Å². The molecule has 0 aliphatic heterocycles. The molecule has 10 heteroatoms. The Bertz CT molecular complexity index is 597. The van der Waals surface area contributed by atoms with Crippen molar-refractivity contribution >= 4 is 44.9 Å². The molecule has 20 heavy (non-hydrogen) atoms. The Morgan fingerprint density at radius 3 is 2.60 bits per heavy atom. The van der Waals surface area contributed by atoms with Gasteiger partial charge in [-0.25, -0.2) is 8.42 Å². The summed E-state index contributed by atoms with van der Waals surface area (Å²) in [6, 6.07) is 1.25. The van der Waals surface area contributed by atoms with E-state index in [9.17, 15) is 18.0 Å². The molecular formula is C10H12ClNO6S2. The number of carboxylic acids is 1. The van der Waals surface area contributed by atoms with Gasteiger partial charge in [0.1, 0.15) is 10.3 Å². The summed E-state index contributed by atoms with van der Waals surface area (Å²) in [7, 11) is -2.82. The lowest BCUT2D eigenvalue weighted by molar-refractivity contribution is -0.142. The zero-order valence-corrected chi connectivity index (χ0v) is 12.7. The Labute approximate surface area is 124 Å². The summed E-state index contributed by atoms with van der Waals surface area (Å²) in [5, 5.41) is 8.97. The Morgan fingerprint density at radius 1 is 1.50 bits per heavy atom. The number of halogens is 1. The summed E-state index contributed by atoms with van der Waals surface area (Å²) >= 11 is 6.44. The number of hydrogen-bond donors (Lipinski definition) is 2. The van der Waals surface area contributed by atoms with Crippen LogP contribution in [0.5, 0.6) is 0 Å². The van der Waals surface area contributed by atoms with Crippen LogP contribution in [0.3, 0.4) is 0 Å². The number of hydrogen-bond acceptors (Lipinski definition) is 6. The molecule has 1 aromatic heterocycles. The second kappa shape index (κ2) is 7.02. The summed E-state index contributed by atoms with van der Waals surface area (Å²) in [5.74, 6) is -1.99. The highest BCUT2D eigenvalue weighted by Gasteiger charge is 2.27. The first-order chi connectivity index (χ1) is 9.26. The SMILES string of the molecule is COC(=O)CC[C@@H](NS(=O)(=O)c1ccc(Cl)s1)C(=O)O. The third-order valence-corrected chi connectivity index (χ3v) is 5.47. The maximum atomic E-state index is 11.9. The van der Waals surface area contributed by atoms with Gasteiger partial charge in [-0.2, -0.15) is 4.72 Å². The van der Waals surface area contributed by atoms with E-state index in [4.69, 9.17) is 16.7 Å². The Morgan fingerprint density at radius 2 is 2.15 bits per heavy atom. The van der Waals surface area contributed by atoms with Crippen LogP contribution in [-0.2, 0) is 24.3 Å². The average molecular weight is 342 g/mol. The van der Waals surface area contributed by atoms with Crippen molar-refractivity contribution in [3.63, 3.8) is 0 Å². The van der Waals surface area contributed by atoms with E-state index in [-0.39, 0.29) is 21.4 Å². The maximum Gasteiger partial charge on any atom is 0.321 e. The molecule has 1 heterocycles. The molecule has 0 unspecified atom stereocenters. The van der Waals surface area contributed by atoms with E-state index >= 15 is 0 Å². The van der Waals surface area contributed by atoms with E-state index in [2.05, 4.69) is 4.74 Å². The number of thiophene rings is 1. The van der Waals surface area contributed by atoms with Crippen LogP contribution in [0.1, 0.15) is 12.8 Å². The van der Waals surface area contributed by atoms with Crippen LogP contribution in [0.2, 0.25) is 4.34 Å². The third-order valence-electron chi connectivity index (χ3n) is 2.27. The molecule has 0 bridgehead atoms. The molecule has 7 nitrogen and oxygen atoms in total. The molecule has 0 saturated carbocycles. The number of sulfonamides is 1. The van der Waals surface area contributed by atoms with Crippen molar-refractivity contribution in [2.75, 3.05) is 7.11 Å². The van der Waals surface area contributed by atoms with Crippen molar-refractivity contribution in [1.82, 2.24) is 4.72 Å². The Balaban J connectivity index is 2.80. The van der Waals surface area contributed by atoms with Crippen LogP contribution in [0.15, 0.2) is 16.3 Å². The fourth-order valence-corrected chi connectivity index (χ4v) is 4.01. The van der Waals surface area contributed by atoms with Crippen molar-refractivity contribution < 1.29 is 27.9 Å². The van der Waals surface area contributed by atoms with Gasteiger partial charge in [0.15, 0.2) is 0 Å². The molecule has 0 aromatic carbocycles. The summed E-state index contributed by atoms with van der Waals surface area (Å²) in [6.07, 6.45) is -0.415. The zero-order valence-electron chi connectivity index (χ0n) is 10.3. The lowest BCUT2D eigenvalue weighted by atomic mass is 10.2. The number of ether oxygens (including phenoxy) is 1. The summed E-state index contributed by atoms with van der Waals surface area (Å²) in [5.41, 5.74) is 0. The van der Waals surface area contributed by atoms with Gasteiger partial charge < -0.3 is 9.84 Å². The standard InChI is InChI=1S/C10H12ClNO6S2/c1-18-8(13)4-2-6(10(14)15)12-20(16,17)9-5-3-7(11)19-9/h3,5-6,12H,2,4H2,1H3,(H,14,15)/t6-/m1/s1. The molecular weight excluding hydrogens is 330 g/mol. The van der Waals surface area contributed by atoms with Gasteiger partial charge in [-0.1, -0.05) is 11.6 Å². The lowest BCUT2D eigenvalue weighted by Crippen LogP contribution is -2.40. The number of carbonyl (C=O) groups excluding carboxylic acids is 1. The highest BCUT2D eigenvalue weighted by Crippen LogP contribution is 2.25. The maximum absolute atomic E-state index is 11.9. The molecule has 0 fully saturated rings. The molecule has 0 amide bonds. The van der Waals surface area contributed by atoms with Gasteiger partial charge in [-0.05, 0) is 18.6 Å². The summed E-state index contributed by atoms with van der Waals surface area (Å²) < 4.78 is 30.4. The molecule has 112 valence electrons. The van der Waals surface area contributed by atoms with E-state index in [1.807, 2.05) is 4.72 Å². The van der Waals surface area contributed by atoms with Gasteiger partial charge in [0, 0.05) is 6.42 Å². The van der Waals surface area contributed by atoms with Gasteiger partial charge in [-0.3, -0.25) is 9.59 Å². The van der Waals surface area contributed by atoms with Gasteiger partial charge in [0.25, 0.3) is 10.0 Å². The number of esters is 1. The van der Waals surface area contributed by atoms with E-state index in [0.29, 0.717) is 0 Å². The predicted molar refractivity (Wildman–Crippen MR) is 72.3 cm³/mol. The topological polar surface area (TPSA) is 110 Å². The number of nitrogens with one attached hydrogen (secondary N) is 1. The second-order valence-electron chi connectivity index (χ2n) is 3.69. The quantitative estimate of drug-likeness (QED) is 0.718. The van der Waals surface area contributed by atoms with E-state index in [0.717, 1.165) is 18.4 Å². The highest BCUT2D eigenvalue weighted by atomic mass is 35.5. The van der Waals surface area contributed by atoms with E-state index in [1.165, 1.54) is 12.1 Å². The minimum absolute atomic E-state index is 0.0909. The van der Waals surface area contributed by atoms with Crippen molar-refractivity contribution in [3.8, 4) is 0 Å². The minimum Gasteiger partial charge on any atom is -0.480 e. The number of rotatable bonds is 7. The fourth-order valence-electron chi connectivity index (χ4n) is 1.28. The Kier molecular flexibility index (Phi) is 5.93. The van der Waals surface area contributed by atoms with Crippen LogP contribution < -0.4 is 4.72 Å². The van der Waals surface area contributed by atoms with Crippen molar-refractivity contribution in [1.29, 1.82) is 0 Å². The van der Waals surface area contributed by atoms with Gasteiger partial charge >= 0.3 is 11.9 Å². The molecule has 1 rings (SSSR count). The fraction of sp³-hybridized carbons (Fsp3) is 0.400. The Hall–Kier alpha value is -1.16. The molecule has 0 saturated heterocycles. The van der Waals surface area contributed by atoms with E-state index < -0.39 is 28.0 Å². The molecule has 0 radical (unpaired) electrons. The lowest BCUT2D eigenvalue weighted by Gasteiger charge is -2.13. The van der Waals surface area contributed by atoms with Crippen LogP contribution in [-0.4, -0.2) is 38.6 Å². The van der Waals surface area contributed by atoms with Gasteiger partial charge in [0.2, 0.25) is 0 Å². The first-order valence-corrected chi connectivity index (χ1v) is 8.01. The molecule has 0 aliphatic rings. The van der Waals surface area contributed by atoms with Crippen LogP contribution in [0, 0.1) is 0 Å². The summed E-state index contributed by atoms with van der Waals surface area (Å²) in [4.78, 5) is 22.0. The van der Waals surface area contributed by atoms with Crippen molar-refractivity contribution in [2.45, 2.75) is 23.1 Å². The number of aliphatic carboxylic acids is 1. The number of methoxy groups -OCH3 is 1. The molecule has 1 atom stereocenters. The number of carbonyl (C=O) groups is 2. The van der Waals surface area contributed by atoms with Crippen molar-refractivity contribution in [2.24, 2.45) is 0 Å².